The van der Waals surface area contributed by atoms with E-state index in [1.54, 1.807) is 36.4 Å². The van der Waals surface area contributed by atoms with Gasteiger partial charge in [-0.25, -0.2) is 0 Å². The third kappa shape index (κ3) is 4.40. The average Bonchev–Trinajstić information content (AvgIpc) is 2.64. The Morgan fingerprint density at radius 2 is 1.73 bits per heavy atom. The quantitative estimate of drug-likeness (QED) is 0.647. The van der Waals surface area contributed by atoms with Gasteiger partial charge in [0.15, 0.2) is 6.61 Å². The zero-order valence-corrected chi connectivity index (χ0v) is 15.3. The number of hydrogen-bond donors (Lipinski definition) is 3. The molecule has 1 heterocycles. The van der Waals surface area contributed by atoms with E-state index in [0.29, 0.717) is 29.1 Å². The van der Waals surface area contributed by atoms with Crippen LogP contribution in [0.5, 0.6) is 5.75 Å². The van der Waals surface area contributed by atoms with Crippen molar-refractivity contribution in [3.8, 4) is 5.75 Å². The van der Waals surface area contributed by atoms with Crippen LogP contribution in [0.4, 0.5) is 5.69 Å². The molecule has 0 unspecified atom stereocenters. The first-order chi connectivity index (χ1) is 12.5. The van der Waals surface area contributed by atoms with E-state index < -0.39 is 0 Å². The van der Waals surface area contributed by atoms with E-state index in [1.807, 2.05) is 6.07 Å². The van der Waals surface area contributed by atoms with Crippen molar-refractivity contribution in [2.45, 2.75) is 0 Å². The van der Waals surface area contributed by atoms with Gasteiger partial charge in [-0.1, -0.05) is 22.0 Å². The van der Waals surface area contributed by atoms with Crippen LogP contribution in [-0.2, 0) is 4.79 Å². The molecule has 134 valence electrons. The maximum atomic E-state index is 12.2. The third-order valence-electron chi connectivity index (χ3n) is 3.66. The summed E-state index contributed by atoms with van der Waals surface area (Å²) in [6.07, 6.45) is 0. The Hall–Kier alpha value is -2.87. The number of benzene rings is 2. The van der Waals surface area contributed by atoms with Gasteiger partial charge in [-0.3, -0.25) is 14.4 Å². The second-order valence-electron chi connectivity index (χ2n) is 5.57. The molecule has 0 saturated heterocycles. The summed E-state index contributed by atoms with van der Waals surface area (Å²) >= 11 is 3.31. The summed E-state index contributed by atoms with van der Waals surface area (Å²) in [4.78, 5) is 35.5. The molecule has 0 bridgehead atoms. The summed E-state index contributed by atoms with van der Waals surface area (Å²) in [7, 11) is 0. The van der Waals surface area contributed by atoms with Crippen LogP contribution in [0, 0.1) is 0 Å². The molecule has 0 atom stereocenters. The molecule has 2 aromatic carbocycles. The van der Waals surface area contributed by atoms with E-state index in [4.69, 9.17) is 4.74 Å². The lowest BCUT2D eigenvalue weighted by atomic mass is 10.1. The molecule has 0 fully saturated rings. The molecule has 2 aromatic rings. The summed E-state index contributed by atoms with van der Waals surface area (Å²) < 4.78 is 6.07. The Morgan fingerprint density at radius 1 is 1.04 bits per heavy atom. The number of anilines is 1. The van der Waals surface area contributed by atoms with Crippen LogP contribution in [0.15, 0.2) is 46.9 Å². The minimum Gasteiger partial charge on any atom is -0.482 e. The molecule has 0 aliphatic carbocycles. The minimum absolute atomic E-state index is 0.0315. The van der Waals surface area contributed by atoms with Gasteiger partial charge in [-0.2, -0.15) is 0 Å². The van der Waals surface area contributed by atoms with Crippen molar-refractivity contribution in [2.75, 3.05) is 25.0 Å². The van der Waals surface area contributed by atoms with E-state index in [0.717, 1.165) is 4.47 Å². The van der Waals surface area contributed by atoms with E-state index in [-0.39, 0.29) is 30.9 Å². The van der Waals surface area contributed by atoms with Gasteiger partial charge < -0.3 is 20.7 Å². The van der Waals surface area contributed by atoms with E-state index in [2.05, 4.69) is 31.9 Å². The molecule has 0 radical (unpaired) electrons. The van der Waals surface area contributed by atoms with Gasteiger partial charge in [0, 0.05) is 28.7 Å². The highest BCUT2D eigenvalue weighted by atomic mass is 79.9. The zero-order valence-electron chi connectivity index (χ0n) is 13.7. The molecular weight excluding hydrogens is 402 g/mol. The molecular formula is C18H16BrN3O4. The SMILES string of the molecule is O=C1COc2ccc(C(=O)NCCNC(=O)c3cccc(Br)c3)cc2N1. The number of carbonyl (C=O) groups excluding carboxylic acids is 3. The Balaban J connectivity index is 1.49. The van der Waals surface area contributed by atoms with Crippen molar-refractivity contribution < 1.29 is 19.1 Å². The Bertz CT molecular complexity index is 869. The Labute approximate surface area is 158 Å². The predicted octanol–water partition coefficient (Wildman–Crippen LogP) is 1.94. The van der Waals surface area contributed by atoms with Crippen LogP contribution in [0.1, 0.15) is 20.7 Å². The van der Waals surface area contributed by atoms with Gasteiger partial charge in [0.2, 0.25) is 0 Å². The monoisotopic (exact) mass is 417 g/mol. The lowest BCUT2D eigenvalue weighted by Crippen LogP contribution is -2.34. The molecule has 8 heteroatoms. The van der Waals surface area contributed by atoms with Crippen LogP contribution in [0.3, 0.4) is 0 Å². The first-order valence-electron chi connectivity index (χ1n) is 7.91. The lowest BCUT2D eigenvalue weighted by molar-refractivity contribution is -0.118. The van der Waals surface area contributed by atoms with Crippen LogP contribution >= 0.6 is 15.9 Å². The summed E-state index contributed by atoms with van der Waals surface area (Å²) in [5.41, 5.74) is 1.40. The maximum absolute atomic E-state index is 12.2. The highest BCUT2D eigenvalue weighted by molar-refractivity contribution is 9.10. The highest BCUT2D eigenvalue weighted by Crippen LogP contribution is 2.28. The fourth-order valence-electron chi connectivity index (χ4n) is 2.41. The highest BCUT2D eigenvalue weighted by Gasteiger charge is 2.17. The maximum Gasteiger partial charge on any atom is 0.262 e. The summed E-state index contributed by atoms with van der Waals surface area (Å²) in [6, 6.07) is 11.9. The number of hydrogen-bond acceptors (Lipinski definition) is 4. The van der Waals surface area contributed by atoms with Gasteiger partial charge in [-0.15, -0.1) is 0 Å². The molecule has 7 nitrogen and oxygen atoms in total. The van der Waals surface area contributed by atoms with Crippen molar-refractivity contribution in [2.24, 2.45) is 0 Å². The fourth-order valence-corrected chi connectivity index (χ4v) is 2.81. The van der Waals surface area contributed by atoms with Crippen LogP contribution < -0.4 is 20.7 Å². The van der Waals surface area contributed by atoms with Crippen LogP contribution in [0.2, 0.25) is 0 Å². The van der Waals surface area contributed by atoms with Gasteiger partial charge >= 0.3 is 0 Å². The Morgan fingerprint density at radius 3 is 2.42 bits per heavy atom. The normalized spacial score (nSPS) is 12.4. The second kappa shape index (κ2) is 8.01. The topological polar surface area (TPSA) is 96.5 Å². The molecule has 0 aromatic heterocycles. The molecule has 0 spiro atoms. The molecule has 3 N–H and O–H groups in total. The predicted molar refractivity (Wildman–Crippen MR) is 99.4 cm³/mol. The van der Waals surface area contributed by atoms with Gasteiger partial charge in [0.05, 0.1) is 5.69 Å². The number of carbonyl (C=O) groups is 3. The average molecular weight is 418 g/mol. The smallest absolute Gasteiger partial charge is 0.262 e. The number of fused-ring (bicyclic) bond motifs is 1. The summed E-state index contributed by atoms with van der Waals surface area (Å²) in [6.45, 7) is 0.538. The summed E-state index contributed by atoms with van der Waals surface area (Å²) in [5, 5.41) is 8.11. The van der Waals surface area contributed by atoms with Crippen molar-refractivity contribution >= 4 is 39.3 Å². The molecule has 1 aliphatic heterocycles. The number of ether oxygens (including phenoxy) is 1. The van der Waals surface area contributed by atoms with Crippen molar-refractivity contribution in [1.82, 2.24) is 10.6 Å². The van der Waals surface area contributed by atoms with Crippen molar-refractivity contribution in [3.05, 3.63) is 58.1 Å². The first-order valence-corrected chi connectivity index (χ1v) is 8.71. The molecule has 26 heavy (non-hydrogen) atoms. The number of amides is 3. The van der Waals surface area contributed by atoms with Crippen LogP contribution in [-0.4, -0.2) is 37.4 Å². The van der Waals surface area contributed by atoms with Crippen molar-refractivity contribution in [1.29, 1.82) is 0 Å². The van der Waals surface area contributed by atoms with Crippen molar-refractivity contribution in [3.63, 3.8) is 0 Å². The second-order valence-corrected chi connectivity index (χ2v) is 6.49. The molecule has 0 saturated carbocycles. The minimum atomic E-state index is -0.302. The summed E-state index contributed by atoms with van der Waals surface area (Å²) in [5.74, 6) is -0.244. The number of nitrogens with one attached hydrogen (secondary N) is 3. The number of halogens is 1. The largest absolute Gasteiger partial charge is 0.482 e. The van der Waals surface area contributed by atoms with Gasteiger partial charge in [0.25, 0.3) is 17.7 Å². The number of rotatable bonds is 5. The molecule has 3 rings (SSSR count). The van der Waals surface area contributed by atoms with Gasteiger partial charge in [0.1, 0.15) is 5.75 Å². The standard InChI is InChI=1S/C18H16BrN3O4/c19-13-3-1-2-11(8-13)17(24)20-6-7-21-18(25)12-4-5-15-14(9-12)22-16(23)10-26-15/h1-5,8-9H,6-7,10H2,(H,20,24)(H,21,25)(H,22,23). The fraction of sp³-hybridized carbons (Fsp3) is 0.167. The third-order valence-corrected chi connectivity index (χ3v) is 4.15. The van der Waals surface area contributed by atoms with Gasteiger partial charge in [-0.05, 0) is 36.4 Å². The molecule has 1 aliphatic rings. The van der Waals surface area contributed by atoms with E-state index in [9.17, 15) is 14.4 Å². The van der Waals surface area contributed by atoms with E-state index >= 15 is 0 Å². The van der Waals surface area contributed by atoms with E-state index in [1.165, 1.54) is 0 Å². The zero-order chi connectivity index (χ0) is 18.5. The van der Waals surface area contributed by atoms with Crippen LogP contribution in [0.25, 0.3) is 0 Å². The lowest BCUT2D eigenvalue weighted by Gasteiger charge is -2.18. The first kappa shape index (κ1) is 17.9. The molecule has 3 amide bonds. The Kier molecular flexibility index (Phi) is 5.52.